The lowest BCUT2D eigenvalue weighted by molar-refractivity contribution is 0.0931. The second-order valence-electron chi connectivity index (χ2n) is 3.76. The third-order valence-corrected chi connectivity index (χ3v) is 2.20. The maximum Gasteiger partial charge on any atom is 0.169 e. The Morgan fingerprint density at radius 2 is 2.13 bits per heavy atom. The number of aromatic hydroxyl groups is 1. The van der Waals surface area contributed by atoms with Gasteiger partial charge >= 0.3 is 0 Å². The predicted octanol–water partition coefficient (Wildman–Crippen LogP) is 2.38. The van der Waals surface area contributed by atoms with Gasteiger partial charge in [0.2, 0.25) is 0 Å². The van der Waals surface area contributed by atoms with Crippen LogP contribution in [0.25, 0.3) is 0 Å². The second-order valence-corrected chi connectivity index (χ2v) is 3.76. The summed E-state index contributed by atoms with van der Waals surface area (Å²) in [7, 11) is 1.56. The Morgan fingerprint density at radius 1 is 1.47 bits per heavy atom. The van der Waals surface area contributed by atoms with Crippen LogP contribution in [0.4, 0.5) is 0 Å². The van der Waals surface area contributed by atoms with Crippen LogP contribution >= 0.6 is 0 Å². The fraction of sp³-hybridized carbons (Fsp3) is 0.417. The number of hydrogen-bond donors (Lipinski definition) is 1. The Kier molecular flexibility index (Phi) is 3.86. The lowest BCUT2D eigenvalue weighted by Gasteiger charge is -2.11. The molecule has 82 valence electrons. The molecule has 0 aliphatic rings. The Morgan fingerprint density at radius 3 is 2.67 bits per heavy atom. The van der Waals surface area contributed by atoms with Gasteiger partial charge in [0.25, 0.3) is 0 Å². The smallest absolute Gasteiger partial charge is 0.169 e. The van der Waals surface area contributed by atoms with Gasteiger partial charge in [0, 0.05) is 13.0 Å². The summed E-state index contributed by atoms with van der Waals surface area (Å²) in [6, 6.07) is 5.02. The van der Waals surface area contributed by atoms with Crippen LogP contribution in [0.2, 0.25) is 0 Å². The monoisotopic (exact) mass is 208 g/mol. The summed E-state index contributed by atoms with van der Waals surface area (Å²) >= 11 is 0. The maximum absolute atomic E-state index is 11.8. The van der Waals surface area contributed by atoms with Crippen molar-refractivity contribution in [3.8, 4) is 5.75 Å². The highest BCUT2D eigenvalue weighted by Gasteiger charge is 2.18. The van der Waals surface area contributed by atoms with Crippen LogP contribution in [-0.4, -0.2) is 18.0 Å². The highest BCUT2D eigenvalue weighted by atomic mass is 16.5. The first-order valence-corrected chi connectivity index (χ1v) is 4.92. The van der Waals surface area contributed by atoms with Gasteiger partial charge in [0.1, 0.15) is 5.75 Å². The molecule has 15 heavy (non-hydrogen) atoms. The summed E-state index contributed by atoms with van der Waals surface area (Å²) in [5.41, 5.74) is 1.12. The normalized spacial score (nSPS) is 10.7. The number of ether oxygens (including phenoxy) is 1. The number of Topliss-reactive ketones (excluding diaryl/α,β-unsaturated/α-hetero) is 1. The molecule has 0 fully saturated rings. The van der Waals surface area contributed by atoms with E-state index < -0.39 is 0 Å². The third kappa shape index (κ3) is 2.57. The van der Waals surface area contributed by atoms with Gasteiger partial charge in [0.05, 0.1) is 12.2 Å². The fourth-order valence-electron chi connectivity index (χ4n) is 1.44. The van der Waals surface area contributed by atoms with E-state index in [4.69, 9.17) is 4.74 Å². The molecule has 0 radical (unpaired) electrons. The average Bonchev–Trinajstić information content (AvgIpc) is 2.17. The molecule has 0 aliphatic heterocycles. The molecular weight excluding hydrogens is 192 g/mol. The van der Waals surface area contributed by atoms with E-state index in [0.717, 1.165) is 5.56 Å². The molecular formula is C12H16O3. The van der Waals surface area contributed by atoms with Crippen LogP contribution in [0.15, 0.2) is 18.2 Å². The molecule has 0 saturated carbocycles. The average molecular weight is 208 g/mol. The number of rotatable bonds is 4. The second kappa shape index (κ2) is 4.94. The van der Waals surface area contributed by atoms with E-state index in [1.165, 1.54) is 6.07 Å². The van der Waals surface area contributed by atoms with E-state index in [2.05, 4.69) is 0 Å². The Balaban J connectivity index is 3.18. The Hall–Kier alpha value is -1.35. The minimum absolute atomic E-state index is 0.0308. The first-order valence-electron chi connectivity index (χ1n) is 4.92. The van der Waals surface area contributed by atoms with E-state index in [1.807, 2.05) is 13.8 Å². The minimum atomic E-state index is -0.131. The third-order valence-electron chi connectivity index (χ3n) is 2.20. The van der Waals surface area contributed by atoms with Crippen molar-refractivity contribution >= 4 is 5.78 Å². The minimum Gasteiger partial charge on any atom is -0.507 e. The zero-order valence-corrected chi connectivity index (χ0v) is 9.28. The Bertz CT molecular complexity index is 356. The fourth-order valence-corrected chi connectivity index (χ4v) is 1.44. The van der Waals surface area contributed by atoms with E-state index in [-0.39, 0.29) is 17.5 Å². The van der Waals surface area contributed by atoms with Gasteiger partial charge in [-0.2, -0.15) is 0 Å². The molecule has 0 atom stereocenters. The molecule has 3 nitrogen and oxygen atoms in total. The summed E-state index contributed by atoms with van der Waals surface area (Å²) in [6.45, 7) is 3.96. The van der Waals surface area contributed by atoms with E-state index in [1.54, 1.807) is 19.2 Å². The lowest BCUT2D eigenvalue weighted by Crippen LogP contribution is -2.11. The SMILES string of the molecule is COCc1cccc(O)c1C(=O)C(C)C. The van der Waals surface area contributed by atoms with Crippen molar-refractivity contribution in [2.24, 2.45) is 5.92 Å². The maximum atomic E-state index is 11.8. The van der Waals surface area contributed by atoms with Crippen molar-refractivity contribution in [3.63, 3.8) is 0 Å². The Labute approximate surface area is 89.7 Å². The highest BCUT2D eigenvalue weighted by Crippen LogP contribution is 2.24. The standard InChI is InChI=1S/C12H16O3/c1-8(2)12(14)11-9(7-15-3)5-4-6-10(11)13/h4-6,8,13H,7H2,1-3H3. The summed E-state index contributed by atoms with van der Waals surface area (Å²) in [6.07, 6.45) is 0. The van der Waals surface area contributed by atoms with Gasteiger partial charge in [-0.25, -0.2) is 0 Å². The summed E-state index contributed by atoms with van der Waals surface area (Å²) < 4.78 is 4.99. The van der Waals surface area contributed by atoms with Crippen LogP contribution in [0, 0.1) is 5.92 Å². The molecule has 0 unspecified atom stereocenters. The van der Waals surface area contributed by atoms with Crippen LogP contribution in [0.5, 0.6) is 5.75 Å². The van der Waals surface area contributed by atoms with Gasteiger partial charge in [-0.15, -0.1) is 0 Å². The van der Waals surface area contributed by atoms with E-state index in [9.17, 15) is 9.90 Å². The number of hydrogen-bond acceptors (Lipinski definition) is 3. The number of methoxy groups -OCH3 is 1. The number of benzene rings is 1. The predicted molar refractivity (Wildman–Crippen MR) is 58.0 cm³/mol. The summed E-state index contributed by atoms with van der Waals surface area (Å²) in [4.78, 5) is 11.8. The van der Waals surface area contributed by atoms with Gasteiger partial charge in [0.15, 0.2) is 5.78 Å². The van der Waals surface area contributed by atoms with Crippen LogP contribution in [-0.2, 0) is 11.3 Å². The summed E-state index contributed by atoms with van der Waals surface area (Å²) in [5, 5.41) is 9.66. The van der Waals surface area contributed by atoms with Crippen molar-refractivity contribution in [3.05, 3.63) is 29.3 Å². The number of phenolic OH excluding ortho intramolecular Hbond substituents is 1. The van der Waals surface area contributed by atoms with Crippen molar-refractivity contribution < 1.29 is 14.6 Å². The quantitative estimate of drug-likeness (QED) is 0.773. The van der Waals surface area contributed by atoms with Gasteiger partial charge in [-0.3, -0.25) is 4.79 Å². The van der Waals surface area contributed by atoms with Crippen LogP contribution in [0.1, 0.15) is 29.8 Å². The lowest BCUT2D eigenvalue weighted by atomic mass is 9.96. The molecule has 0 spiro atoms. The van der Waals surface area contributed by atoms with E-state index >= 15 is 0 Å². The zero-order chi connectivity index (χ0) is 11.4. The van der Waals surface area contributed by atoms with Crippen LogP contribution in [0.3, 0.4) is 0 Å². The number of ketones is 1. The molecule has 3 heteroatoms. The van der Waals surface area contributed by atoms with Crippen molar-refractivity contribution in [2.75, 3.05) is 7.11 Å². The van der Waals surface area contributed by atoms with Gasteiger partial charge in [-0.1, -0.05) is 26.0 Å². The molecule has 0 bridgehead atoms. The van der Waals surface area contributed by atoms with Crippen molar-refractivity contribution in [1.82, 2.24) is 0 Å². The summed E-state index contributed by atoms with van der Waals surface area (Å²) in [5.74, 6) is -0.155. The number of phenols is 1. The molecule has 0 amide bonds. The van der Waals surface area contributed by atoms with Crippen LogP contribution < -0.4 is 0 Å². The van der Waals surface area contributed by atoms with Gasteiger partial charge < -0.3 is 9.84 Å². The van der Waals surface area contributed by atoms with Gasteiger partial charge in [-0.05, 0) is 11.6 Å². The molecule has 1 aromatic rings. The van der Waals surface area contributed by atoms with E-state index in [0.29, 0.717) is 12.2 Å². The largest absolute Gasteiger partial charge is 0.507 e. The first kappa shape index (κ1) is 11.7. The molecule has 0 aliphatic carbocycles. The molecule has 1 N–H and O–H groups in total. The number of carbonyl (C=O) groups excluding carboxylic acids is 1. The zero-order valence-electron chi connectivity index (χ0n) is 9.28. The van der Waals surface area contributed by atoms with Crippen molar-refractivity contribution in [2.45, 2.75) is 20.5 Å². The molecule has 1 rings (SSSR count). The highest BCUT2D eigenvalue weighted by molar-refractivity contribution is 6.01. The number of carbonyl (C=O) groups is 1. The first-order chi connectivity index (χ1) is 7.07. The molecule has 0 saturated heterocycles. The van der Waals surface area contributed by atoms with Crippen molar-refractivity contribution in [1.29, 1.82) is 0 Å². The topological polar surface area (TPSA) is 46.5 Å². The molecule has 1 aromatic carbocycles. The molecule has 0 heterocycles. The molecule has 0 aromatic heterocycles.